The summed E-state index contributed by atoms with van der Waals surface area (Å²) < 4.78 is 24.5. The van der Waals surface area contributed by atoms with Gasteiger partial charge in [-0.1, -0.05) is 0 Å². The third kappa shape index (κ3) is 7.18. The van der Waals surface area contributed by atoms with E-state index in [-0.39, 0.29) is 17.7 Å². The van der Waals surface area contributed by atoms with E-state index in [4.69, 9.17) is 9.47 Å². The Labute approximate surface area is 258 Å². The lowest BCUT2D eigenvalue weighted by Gasteiger charge is -2.16. The Kier molecular flexibility index (Phi) is 8.28. The Bertz CT molecular complexity index is 1720. The van der Waals surface area contributed by atoms with Gasteiger partial charge in [-0.25, -0.2) is 9.37 Å². The molecular formula is C33H31FN6O5. The summed E-state index contributed by atoms with van der Waals surface area (Å²) in [7, 11) is 1.52. The Morgan fingerprint density at radius 1 is 0.911 bits per heavy atom. The Balaban J connectivity index is 1.05. The van der Waals surface area contributed by atoms with Crippen molar-refractivity contribution in [3.8, 4) is 17.4 Å². The lowest BCUT2D eigenvalue weighted by atomic mass is 10.0. The highest BCUT2D eigenvalue weighted by molar-refractivity contribution is 6.16. The molecule has 6 rings (SSSR count). The van der Waals surface area contributed by atoms with Crippen LogP contribution < -0.4 is 30.7 Å². The molecule has 0 atom stereocenters. The number of methoxy groups -OCH3 is 1. The van der Waals surface area contributed by atoms with Crippen molar-refractivity contribution in [1.82, 2.24) is 15.3 Å². The molecule has 0 radical (unpaired) electrons. The van der Waals surface area contributed by atoms with E-state index in [0.29, 0.717) is 59.4 Å². The zero-order valence-corrected chi connectivity index (χ0v) is 24.4. The topological polar surface area (TPSA) is 144 Å². The number of benzene rings is 3. The number of hydrogen-bond acceptors (Lipinski definition) is 8. The van der Waals surface area contributed by atoms with Crippen LogP contribution in [0.25, 0.3) is 0 Å². The largest absolute Gasteiger partial charge is 0.495 e. The second-order valence-corrected chi connectivity index (χ2v) is 11.0. The van der Waals surface area contributed by atoms with E-state index < -0.39 is 23.0 Å². The molecule has 1 aromatic heterocycles. The molecule has 0 aliphatic heterocycles. The van der Waals surface area contributed by atoms with Crippen LogP contribution in [0.4, 0.5) is 27.4 Å². The molecule has 230 valence electrons. The van der Waals surface area contributed by atoms with E-state index in [2.05, 4.69) is 31.2 Å². The highest BCUT2D eigenvalue weighted by atomic mass is 19.1. The van der Waals surface area contributed by atoms with E-state index in [1.54, 1.807) is 48.5 Å². The van der Waals surface area contributed by atoms with Gasteiger partial charge in [0.15, 0.2) is 0 Å². The maximum atomic E-state index is 13.2. The van der Waals surface area contributed by atoms with Gasteiger partial charge in [-0.05, 0) is 98.3 Å². The van der Waals surface area contributed by atoms with Crippen LogP contribution in [-0.4, -0.2) is 41.3 Å². The number of hydrogen-bond donors (Lipinski definition) is 4. The molecule has 2 aliphatic rings. The molecule has 12 heteroatoms. The highest BCUT2D eigenvalue weighted by Crippen LogP contribution is 2.47. The summed E-state index contributed by atoms with van der Waals surface area (Å²) in [6.07, 6.45) is 4.69. The summed E-state index contributed by atoms with van der Waals surface area (Å²) in [6, 6.07) is 18.7. The first-order valence-corrected chi connectivity index (χ1v) is 14.5. The van der Waals surface area contributed by atoms with Gasteiger partial charge in [0.1, 0.15) is 22.7 Å². The van der Waals surface area contributed by atoms with Crippen molar-refractivity contribution < 1.29 is 28.2 Å². The molecule has 2 aliphatic carbocycles. The minimum Gasteiger partial charge on any atom is -0.495 e. The summed E-state index contributed by atoms with van der Waals surface area (Å²) in [5.41, 5.74) is 0.824. The molecular weight excluding hydrogens is 579 g/mol. The quantitative estimate of drug-likeness (QED) is 0.151. The van der Waals surface area contributed by atoms with E-state index in [1.807, 2.05) is 0 Å². The lowest BCUT2D eigenvalue weighted by Crippen LogP contribution is -2.35. The predicted octanol–water partition coefficient (Wildman–Crippen LogP) is 5.66. The molecule has 0 saturated heterocycles. The molecule has 1 heterocycles. The molecule has 45 heavy (non-hydrogen) atoms. The minimum atomic E-state index is -1.17. The summed E-state index contributed by atoms with van der Waals surface area (Å²) in [5, 5.41) is 11.5. The van der Waals surface area contributed by atoms with Crippen molar-refractivity contribution in [3.63, 3.8) is 0 Å². The van der Waals surface area contributed by atoms with Crippen molar-refractivity contribution in [3.05, 3.63) is 90.4 Å². The van der Waals surface area contributed by atoms with Crippen LogP contribution in [0.1, 0.15) is 36.0 Å². The maximum absolute atomic E-state index is 13.2. The highest BCUT2D eigenvalue weighted by Gasteiger charge is 2.56. The second kappa shape index (κ2) is 12.6. The lowest BCUT2D eigenvalue weighted by molar-refractivity contribution is -0.131. The van der Waals surface area contributed by atoms with Gasteiger partial charge in [0, 0.05) is 35.7 Å². The molecule has 3 aromatic carbocycles. The molecule has 3 amide bonds. The van der Waals surface area contributed by atoms with Crippen LogP contribution in [0.5, 0.6) is 17.4 Å². The number of anilines is 4. The van der Waals surface area contributed by atoms with Gasteiger partial charge >= 0.3 is 0 Å². The third-order valence-corrected chi connectivity index (χ3v) is 7.64. The minimum absolute atomic E-state index is 0.150. The smallest absolute Gasteiger partial charge is 0.251 e. The van der Waals surface area contributed by atoms with Crippen molar-refractivity contribution in [1.29, 1.82) is 0 Å². The van der Waals surface area contributed by atoms with Crippen LogP contribution in [0, 0.1) is 17.2 Å². The van der Waals surface area contributed by atoms with Crippen molar-refractivity contribution >= 4 is 40.7 Å². The zero-order valence-electron chi connectivity index (χ0n) is 24.4. The number of nitrogens with one attached hydrogen (secondary N) is 4. The summed E-state index contributed by atoms with van der Waals surface area (Å²) in [6.45, 7) is 0.679. The van der Waals surface area contributed by atoms with E-state index in [0.717, 1.165) is 12.8 Å². The number of carbonyl (C=O) groups excluding carboxylic acids is 3. The number of nitrogens with zero attached hydrogens (tertiary/aromatic N) is 2. The second-order valence-electron chi connectivity index (χ2n) is 11.0. The molecule has 2 fully saturated rings. The third-order valence-electron chi connectivity index (χ3n) is 7.64. The van der Waals surface area contributed by atoms with E-state index in [1.165, 1.54) is 37.6 Å². The first-order valence-electron chi connectivity index (χ1n) is 14.5. The number of carbonyl (C=O) groups is 3. The Morgan fingerprint density at radius 3 is 2.20 bits per heavy atom. The molecule has 2 saturated carbocycles. The maximum Gasteiger partial charge on any atom is 0.251 e. The monoisotopic (exact) mass is 610 g/mol. The van der Waals surface area contributed by atoms with Crippen LogP contribution in [0.2, 0.25) is 0 Å². The normalized spacial score (nSPS) is 14.5. The molecule has 4 N–H and O–H groups in total. The number of ether oxygens (including phenoxy) is 2. The van der Waals surface area contributed by atoms with Crippen LogP contribution in [0.3, 0.4) is 0 Å². The number of rotatable bonds is 12. The molecule has 0 bridgehead atoms. The average Bonchev–Trinajstić information content (AvgIpc) is 3.98. The summed E-state index contributed by atoms with van der Waals surface area (Å²) in [5.74, 6) is 0.635. The molecule has 0 unspecified atom stereocenters. The molecule has 11 nitrogen and oxygen atoms in total. The Morgan fingerprint density at radius 2 is 1.58 bits per heavy atom. The van der Waals surface area contributed by atoms with Crippen LogP contribution in [-0.2, 0) is 9.59 Å². The van der Waals surface area contributed by atoms with E-state index >= 15 is 0 Å². The fraction of sp³-hybridized carbons (Fsp3) is 0.242. The van der Waals surface area contributed by atoms with Crippen molar-refractivity contribution in [2.24, 2.45) is 11.3 Å². The fourth-order valence-corrected chi connectivity index (χ4v) is 4.62. The van der Waals surface area contributed by atoms with Gasteiger partial charge in [0.05, 0.1) is 12.8 Å². The number of aromatic nitrogens is 2. The van der Waals surface area contributed by atoms with Gasteiger partial charge in [0.2, 0.25) is 23.6 Å². The first kappa shape index (κ1) is 29.5. The van der Waals surface area contributed by atoms with Crippen molar-refractivity contribution in [2.45, 2.75) is 25.7 Å². The zero-order chi connectivity index (χ0) is 31.4. The van der Waals surface area contributed by atoms with Gasteiger partial charge in [-0.15, -0.1) is 0 Å². The molecule has 4 aromatic rings. The van der Waals surface area contributed by atoms with E-state index in [9.17, 15) is 18.8 Å². The van der Waals surface area contributed by atoms with Gasteiger partial charge in [-0.2, -0.15) is 4.98 Å². The van der Waals surface area contributed by atoms with Crippen LogP contribution in [0.15, 0.2) is 79.0 Å². The van der Waals surface area contributed by atoms with Gasteiger partial charge in [0.25, 0.3) is 5.91 Å². The van der Waals surface area contributed by atoms with Gasteiger partial charge in [-0.3, -0.25) is 14.4 Å². The SMILES string of the molecule is COc1cc(C(=O)NCC2CC2)ccc1Nc1nccc(Oc2ccc(NC(=O)C3(C(=O)Nc4ccc(F)cc4)CC3)cc2)n1. The number of halogens is 1. The van der Waals surface area contributed by atoms with Gasteiger partial charge < -0.3 is 30.7 Å². The van der Waals surface area contributed by atoms with Crippen LogP contribution >= 0.6 is 0 Å². The predicted molar refractivity (Wildman–Crippen MR) is 165 cm³/mol. The first-order chi connectivity index (χ1) is 21.8. The number of amides is 3. The Hall–Kier alpha value is -5.52. The van der Waals surface area contributed by atoms with Crippen molar-refractivity contribution in [2.75, 3.05) is 29.6 Å². The summed E-state index contributed by atoms with van der Waals surface area (Å²) in [4.78, 5) is 46.9. The fourth-order valence-electron chi connectivity index (χ4n) is 4.62. The summed E-state index contributed by atoms with van der Waals surface area (Å²) >= 11 is 0. The molecule has 0 spiro atoms. The standard InChI is InChI=1S/C33H31FN6O5/c1-44-27-18-21(29(41)36-19-20-2-3-20)4-13-26(27)39-32-35-17-14-28(40-32)45-25-11-9-24(10-12-25)38-31(43)33(15-16-33)30(42)37-23-7-5-22(34)6-8-23/h4-14,17-18,20H,2-3,15-16,19H2,1H3,(H,36,41)(H,37,42)(H,38,43)(H,35,39,40). The average molecular weight is 611 g/mol.